The monoisotopic (exact) mass is 328 g/mol. The standard InChI is InChI=1S/C18H18F2N4/c19-18(20)5-6-24(11-18)10-12-1-3-13(4-2-12)14-7-15-16(21)9-23-17(15)22-8-14/h1-4,7-9H,5-6,10-11,21H2,(H,22,23). The van der Waals surface area contributed by atoms with Crippen molar-refractivity contribution in [3.63, 3.8) is 0 Å². The van der Waals surface area contributed by atoms with Gasteiger partial charge in [-0.1, -0.05) is 24.3 Å². The SMILES string of the molecule is Nc1c[nH]c2ncc(-c3ccc(CN4CCC(F)(F)C4)cc3)cc12. The van der Waals surface area contributed by atoms with Crippen molar-refractivity contribution in [1.82, 2.24) is 14.9 Å². The molecule has 0 unspecified atom stereocenters. The Hall–Kier alpha value is -2.47. The van der Waals surface area contributed by atoms with Crippen molar-refractivity contribution in [3.8, 4) is 11.1 Å². The van der Waals surface area contributed by atoms with Gasteiger partial charge in [0.05, 0.1) is 12.2 Å². The van der Waals surface area contributed by atoms with E-state index in [9.17, 15) is 8.78 Å². The van der Waals surface area contributed by atoms with Crippen LogP contribution in [0.3, 0.4) is 0 Å². The Morgan fingerprint density at radius 1 is 1.21 bits per heavy atom. The lowest BCUT2D eigenvalue weighted by Crippen LogP contribution is -2.24. The Morgan fingerprint density at radius 2 is 2.00 bits per heavy atom. The molecular weight excluding hydrogens is 310 g/mol. The van der Waals surface area contributed by atoms with Crippen molar-refractivity contribution in [2.75, 3.05) is 18.8 Å². The molecule has 3 aromatic rings. The first-order chi connectivity index (χ1) is 11.5. The van der Waals surface area contributed by atoms with Gasteiger partial charge in [-0.2, -0.15) is 0 Å². The molecule has 0 bridgehead atoms. The Labute approximate surface area is 138 Å². The summed E-state index contributed by atoms with van der Waals surface area (Å²) in [5, 5.41) is 0.899. The fourth-order valence-corrected chi connectivity index (χ4v) is 3.18. The molecule has 1 fully saturated rings. The number of aromatic nitrogens is 2. The molecule has 0 atom stereocenters. The van der Waals surface area contributed by atoms with Crippen molar-refractivity contribution >= 4 is 16.7 Å². The van der Waals surface area contributed by atoms with Gasteiger partial charge in [-0.25, -0.2) is 13.8 Å². The largest absolute Gasteiger partial charge is 0.397 e. The summed E-state index contributed by atoms with van der Waals surface area (Å²) in [6.07, 6.45) is 3.49. The maximum atomic E-state index is 13.3. The zero-order chi connectivity index (χ0) is 16.7. The lowest BCUT2D eigenvalue weighted by molar-refractivity contribution is 0.0115. The highest BCUT2D eigenvalue weighted by molar-refractivity contribution is 5.91. The number of likely N-dealkylation sites (tertiary alicyclic amines) is 1. The van der Waals surface area contributed by atoms with Crippen molar-refractivity contribution in [1.29, 1.82) is 0 Å². The fourth-order valence-electron chi connectivity index (χ4n) is 3.18. The molecule has 0 amide bonds. The molecule has 124 valence electrons. The van der Waals surface area contributed by atoms with Crippen LogP contribution in [0, 0.1) is 0 Å². The van der Waals surface area contributed by atoms with E-state index in [0.29, 0.717) is 18.8 Å². The summed E-state index contributed by atoms with van der Waals surface area (Å²) in [5.74, 6) is -2.54. The average molecular weight is 328 g/mol. The molecule has 3 N–H and O–H groups in total. The first-order valence-electron chi connectivity index (χ1n) is 7.92. The third-order valence-corrected chi connectivity index (χ3v) is 4.51. The number of nitrogen functional groups attached to an aromatic ring is 1. The van der Waals surface area contributed by atoms with Crippen LogP contribution in [0.25, 0.3) is 22.2 Å². The van der Waals surface area contributed by atoms with Gasteiger partial charge in [-0.3, -0.25) is 4.90 Å². The molecule has 3 heterocycles. The summed E-state index contributed by atoms with van der Waals surface area (Å²) in [7, 11) is 0. The number of benzene rings is 1. The number of nitrogens with two attached hydrogens (primary N) is 1. The Bertz CT molecular complexity index is 870. The summed E-state index contributed by atoms with van der Waals surface area (Å²) in [5.41, 5.74) is 10.4. The van der Waals surface area contributed by atoms with Gasteiger partial charge in [-0.05, 0) is 17.2 Å². The van der Waals surface area contributed by atoms with Gasteiger partial charge in [0.1, 0.15) is 5.65 Å². The predicted octanol–water partition coefficient (Wildman–Crippen LogP) is 3.65. The highest BCUT2D eigenvalue weighted by Crippen LogP contribution is 2.29. The van der Waals surface area contributed by atoms with Crippen molar-refractivity contribution < 1.29 is 8.78 Å². The molecule has 0 saturated carbocycles. The van der Waals surface area contributed by atoms with Crippen molar-refractivity contribution in [2.24, 2.45) is 0 Å². The molecule has 1 aliphatic heterocycles. The molecule has 1 saturated heterocycles. The Morgan fingerprint density at radius 3 is 2.71 bits per heavy atom. The number of pyridine rings is 1. The highest BCUT2D eigenvalue weighted by atomic mass is 19.3. The van der Waals surface area contributed by atoms with Crippen LogP contribution in [-0.4, -0.2) is 33.9 Å². The van der Waals surface area contributed by atoms with E-state index in [2.05, 4.69) is 9.97 Å². The minimum absolute atomic E-state index is 0.0468. The van der Waals surface area contributed by atoms with Gasteiger partial charge in [0.15, 0.2) is 0 Å². The molecule has 0 spiro atoms. The molecule has 2 aromatic heterocycles. The maximum absolute atomic E-state index is 13.3. The number of fused-ring (bicyclic) bond motifs is 1. The Balaban J connectivity index is 1.53. The summed E-state index contributed by atoms with van der Waals surface area (Å²) in [6, 6.07) is 9.96. The molecule has 4 rings (SSSR count). The van der Waals surface area contributed by atoms with Crippen molar-refractivity contribution in [2.45, 2.75) is 18.9 Å². The van der Waals surface area contributed by atoms with Crippen LogP contribution < -0.4 is 5.73 Å². The van der Waals surface area contributed by atoms with Gasteiger partial charge in [0.2, 0.25) is 0 Å². The topological polar surface area (TPSA) is 57.9 Å². The molecule has 6 heteroatoms. The summed E-state index contributed by atoms with van der Waals surface area (Å²) < 4.78 is 26.5. The van der Waals surface area contributed by atoms with Crippen molar-refractivity contribution in [3.05, 3.63) is 48.3 Å². The third kappa shape index (κ3) is 2.85. The quantitative estimate of drug-likeness (QED) is 0.771. The lowest BCUT2D eigenvalue weighted by atomic mass is 10.0. The second-order valence-corrected chi connectivity index (χ2v) is 6.38. The van der Waals surface area contributed by atoms with E-state index < -0.39 is 5.92 Å². The molecule has 4 nitrogen and oxygen atoms in total. The number of hydrogen-bond donors (Lipinski definition) is 2. The number of rotatable bonds is 3. The number of H-pyrrole nitrogens is 1. The second-order valence-electron chi connectivity index (χ2n) is 6.38. The van der Waals surface area contributed by atoms with Gasteiger partial charge < -0.3 is 10.7 Å². The van der Waals surface area contributed by atoms with Crippen LogP contribution in [-0.2, 0) is 6.54 Å². The van der Waals surface area contributed by atoms with Gasteiger partial charge in [0.25, 0.3) is 5.92 Å². The smallest absolute Gasteiger partial charge is 0.261 e. The molecule has 1 aliphatic rings. The zero-order valence-corrected chi connectivity index (χ0v) is 13.1. The Kier molecular flexibility index (Phi) is 3.49. The van der Waals surface area contributed by atoms with Gasteiger partial charge in [-0.15, -0.1) is 0 Å². The number of aromatic amines is 1. The third-order valence-electron chi connectivity index (χ3n) is 4.51. The average Bonchev–Trinajstić information content (AvgIpc) is 3.10. The zero-order valence-electron chi connectivity index (χ0n) is 13.1. The number of hydrogen-bond acceptors (Lipinski definition) is 3. The first-order valence-corrected chi connectivity index (χ1v) is 7.92. The van der Waals surface area contributed by atoms with E-state index >= 15 is 0 Å². The normalized spacial score (nSPS) is 17.6. The van der Waals surface area contributed by atoms with E-state index in [-0.39, 0.29) is 13.0 Å². The maximum Gasteiger partial charge on any atom is 0.261 e. The van der Waals surface area contributed by atoms with Crippen LogP contribution >= 0.6 is 0 Å². The molecular formula is C18H18F2N4. The number of nitrogens with one attached hydrogen (secondary N) is 1. The van der Waals surface area contributed by atoms with E-state index in [1.54, 1.807) is 17.3 Å². The number of nitrogens with zero attached hydrogens (tertiary/aromatic N) is 2. The molecule has 0 aliphatic carbocycles. The number of alkyl halides is 2. The molecule has 24 heavy (non-hydrogen) atoms. The summed E-state index contributed by atoms with van der Waals surface area (Å²) in [6.45, 7) is 0.849. The minimum Gasteiger partial charge on any atom is -0.397 e. The minimum atomic E-state index is -2.54. The fraction of sp³-hybridized carbons (Fsp3) is 0.278. The summed E-state index contributed by atoms with van der Waals surface area (Å²) >= 11 is 0. The summed E-state index contributed by atoms with van der Waals surface area (Å²) in [4.78, 5) is 9.19. The van der Waals surface area contributed by atoms with E-state index in [1.807, 2.05) is 30.3 Å². The van der Waals surface area contributed by atoms with Crippen LogP contribution in [0.2, 0.25) is 0 Å². The first kappa shape index (κ1) is 15.1. The van der Waals surface area contributed by atoms with Crippen LogP contribution in [0.5, 0.6) is 0 Å². The lowest BCUT2D eigenvalue weighted by Gasteiger charge is -2.15. The van der Waals surface area contributed by atoms with Crippen LogP contribution in [0.15, 0.2) is 42.7 Å². The highest BCUT2D eigenvalue weighted by Gasteiger charge is 2.37. The van der Waals surface area contributed by atoms with Gasteiger partial charge in [0, 0.05) is 42.9 Å². The molecule has 1 aromatic carbocycles. The number of halogens is 2. The molecule has 0 radical (unpaired) electrons. The van der Waals surface area contributed by atoms with Crippen LogP contribution in [0.4, 0.5) is 14.5 Å². The number of anilines is 1. The van der Waals surface area contributed by atoms with E-state index in [1.165, 1.54) is 0 Å². The second kappa shape index (κ2) is 5.56. The van der Waals surface area contributed by atoms with E-state index in [4.69, 9.17) is 5.73 Å². The predicted molar refractivity (Wildman–Crippen MR) is 90.8 cm³/mol. The van der Waals surface area contributed by atoms with Crippen LogP contribution in [0.1, 0.15) is 12.0 Å². The van der Waals surface area contributed by atoms with Gasteiger partial charge >= 0.3 is 0 Å². The van der Waals surface area contributed by atoms with E-state index in [0.717, 1.165) is 27.7 Å².